The molecule has 2 aromatic carbocycles. The van der Waals surface area contributed by atoms with E-state index in [-0.39, 0.29) is 11.0 Å². The van der Waals surface area contributed by atoms with E-state index >= 15 is 0 Å². The van der Waals surface area contributed by atoms with Gasteiger partial charge in [-0.05, 0) is 134 Å². The number of likely N-dealkylation sites (tertiary alicyclic amines) is 1. The number of rotatable bonds is 10. The first-order valence-electron chi connectivity index (χ1n) is 15.8. The minimum absolute atomic E-state index is 0.0116. The van der Waals surface area contributed by atoms with Crippen molar-refractivity contribution in [2.24, 2.45) is 0 Å². The molecule has 5 rings (SSSR count). The van der Waals surface area contributed by atoms with Crippen molar-refractivity contribution in [2.75, 3.05) is 23.7 Å². The summed E-state index contributed by atoms with van der Waals surface area (Å²) in [6.07, 6.45) is 9.38. The molecule has 0 spiro atoms. The van der Waals surface area contributed by atoms with Gasteiger partial charge in [0, 0.05) is 17.8 Å². The van der Waals surface area contributed by atoms with Gasteiger partial charge in [-0.25, -0.2) is 13.4 Å². The van der Waals surface area contributed by atoms with Crippen LogP contribution >= 0.6 is 0 Å². The maximum Gasteiger partial charge on any atom is 0.229 e. The predicted molar refractivity (Wildman–Crippen MR) is 175 cm³/mol. The van der Waals surface area contributed by atoms with Crippen LogP contribution in [0.3, 0.4) is 0 Å². The number of anilines is 4. The van der Waals surface area contributed by atoms with Crippen LogP contribution in [0.5, 0.6) is 5.75 Å². The number of aryl methyl sites for hydroxylation is 2. The number of aromatic nitrogens is 2. The van der Waals surface area contributed by atoms with Crippen molar-refractivity contribution in [3.05, 3.63) is 59.3 Å². The molecule has 0 radical (unpaired) electrons. The molecule has 2 aliphatic rings. The molecule has 43 heavy (non-hydrogen) atoms. The van der Waals surface area contributed by atoms with E-state index in [2.05, 4.69) is 39.6 Å². The Morgan fingerprint density at radius 2 is 1.60 bits per heavy atom. The molecule has 2 heterocycles. The summed E-state index contributed by atoms with van der Waals surface area (Å²) < 4.78 is 32.3. The number of hydrogen-bond donors (Lipinski definition) is 2. The lowest BCUT2D eigenvalue weighted by molar-refractivity contribution is 0.181. The highest BCUT2D eigenvalue weighted by molar-refractivity contribution is 7.92. The fourth-order valence-corrected chi connectivity index (χ4v) is 7.60. The monoisotopic (exact) mass is 605 g/mol. The van der Waals surface area contributed by atoms with E-state index in [4.69, 9.17) is 9.72 Å². The Balaban J connectivity index is 1.38. The zero-order chi connectivity index (χ0) is 30.7. The van der Waals surface area contributed by atoms with Gasteiger partial charge < -0.3 is 20.3 Å². The maximum atomic E-state index is 13.0. The summed E-state index contributed by atoms with van der Waals surface area (Å²) in [4.78, 5) is 12.3. The third kappa shape index (κ3) is 7.15. The van der Waals surface area contributed by atoms with Gasteiger partial charge in [0.15, 0.2) is 9.84 Å². The minimum Gasteiger partial charge on any atom is -0.489 e. The van der Waals surface area contributed by atoms with Crippen LogP contribution in [0.25, 0.3) is 0 Å². The van der Waals surface area contributed by atoms with Crippen LogP contribution in [-0.2, 0) is 9.84 Å². The molecule has 1 saturated carbocycles. The quantitative estimate of drug-likeness (QED) is 0.243. The van der Waals surface area contributed by atoms with E-state index < -0.39 is 15.1 Å². The lowest BCUT2D eigenvalue weighted by Crippen LogP contribution is -2.35. The molecular weight excluding hydrogens is 558 g/mol. The molecule has 1 aliphatic carbocycles. The summed E-state index contributed by atoms with van der Waals surface area (Å²) in [5.74, 6) is 2.28. The zero-order valence-corrected chi connectivity index (χ0v) is 27.3. The summed E-state index contributed by atoms with van der Waals surface area (Å²) in [5, 5.41) is 6.12. The van der Waals surface area contributed by atoms with Crippen LogP contribution < -0.4 is 15.4 Å². The molecule has 0 bridgehead atoms. The van der Waals surface area contributed by atoms with Crippen molar-refractivity contribution in [3.63, 3.8) is 0 Å². The molecule has 1 aromatic heterocycles. The van der Waals surface area contributed by atoms with Crippen LogP contribution in [-0.4, -0.2) is 53.8 Å². The smallest absolute Gasteiger partial charge is 0.229 e. The van der Waals surface area contributed by atoms with Crippen LogP contribution in [0, 0.1) is 13.8 Å². The van der Waals surface area contributed by atoms with Crippen molar-refractivity contribution in [2.45, 2.75) is 108 Å². The summed E-state index contributed by atoms with van der Waals surface area (Å²) in [6, 6.07) is 12.1. The second-order valence-corrected chi connectivity index (χ2v) is 15.2. The number of ether oxygens (including phenoxy) is 1. The Hall–Kier alpha value is -3.17. The van der Waals surface area contributed by atoms with Gasteiger partial charge in [0.05, 0.1) is 27.6 Å². The predicted octanol–water partition coefficient (Wildman–Crippen LogP) is 7.67. The van der Waals surface area contributed by atoms with E-state index in [0.29, 0.717) is 23.4 Å². The first kappa shape index (κ1) is 31.3. The zero-order valence-electron chi connectivity index (χ0n) is 26.5. The molecule has 9 heteroatoms. The lowest BCUT2D eigenvalue weighted by Gasteiger charge is -2.35. The third-order valence-electron chi connectivity index (χ3n) is 8.81. The first-order chi connectivity index (χ1) is 20.5. The largest absolute Gasteiger partial charge is 0.489 e. The molecule has 2 fully saturated rings. The van der Waals surface area contributed by atoms with Gasteiger partial charge in [0.1, 0.15) is 11.6 Å². The van der Waals surface area contributed by atoms with Crippen molar-refractivity contribution in [3.8, 4) is 5.75 Å². The maximum absolute atomic E-state index is 13.0. The van der Waals surface area contributed by atoms with E-state index in [1.165, 1.54) is 62.7 Å². The van der Waals surface area contributed by atoms with Gasteiger partial charge in [-0.3, -0.25) is 0 Å². The Labute approximate surface area is 257 Å². The second-order valence-electron chi connectivity index (χ2n) is 12.7. The van der Waals surface area contributed by atoms with Crippen molar-refractivity contribution in [1.29, 1.82) is 0 Å². The fourth-order valence-electron chi connectivity index (χ4n) is 6.40. The van der Waals surface area contributed by atoms with Crippen molar-refractivity contribution in [1.82, 2.24) is 14.9 Å². The molecule has 232 valence electrons. The van der Waals surface area contributed by atoms with Crippen molar-refractivity contribution < 1.29 is 13.2 Å². The number of nitrogens with zero attached hydrogens (tertiary/aromatic N) is 3. The summed E-state index contributed by atoms with van der Waals surface area (Å²) in [7, 11) is -3.48. The number of hydrogen-bond acceptors (Lipinski definition) is 8. The first-order valence-corrected chi connectivity index (χ1v) is 17.3. The third-order valence-corrected chi connectivity index (χ3v) is 11.0. The van der Waals surface area contributed by atoms with E-state index in [1.807, 2.05) is 26.8 Å². The van der Waals surface area contributed by atoms with Crippen LogP contribution in [0.2, 0.25) is 0 Å². The van der Waals surface area contributed by atoms with Gasteiger partial charge in [-0.2, -0.15) is 4.98 Å². The van der Waals surface area contributed by atoms with Crippen molar-refractivity contribution >= 4 is 33.0 Å². The summed E-state index contributed by atoms with van der Waals surface area (Å²) in [6.45, 7) is 14.1. The highest BCUT2D eigenvalue weighted by Crippen LogP contribution is 2.41. The number of sulfone groups is 1. The molecule has 1 aliphatic heterocycles. The molecule has 0 atom stereocenters. The second kappa shape index (κ2) is 13.2. The molecule has 2 N–H and O–H groups in total. The summed E-state index contributed by atoms with van der Waals surface area (Å²) in [5.41, 5.74) is 4.72. The SMILES string of the molecule is Cc1cc(Nc2ncc(C)c(Nc3ccccc3S(=O)(=O)C(C)C)n2)c(OC(C)C)cc1C1CCC(N2CCCC2)CC1. The van der Waals surface area contributed by atoms with E-state index in [9.17, 15) is 8.42 Å². The molecule has 0 amide bonds. The standard InChI is InChI=1S/C34H47N5O3S/c1-22(2)42-31-20-28(26-13-15-27(16-14-26)39-17-9-10-18-39)24(5)19-30(31)37-34-35-21-25(6)33(38-34)36-29-11-7-8-12-32(29)43(40,41)23(3)4/h7-8,11-12,19-23,26-27H,9-10,13-18H2,1-6H3,(H2,35,36,37,38). The van der Waals surface area contributed by atoms with Crippen LogP contribution in [0.15, 0.2) is 47.5 Å². The Bertz CT molecular complexity index is 1520. The molecule has 8 nitrogen and oxygen atoms in total. The summed E-state index contributed by atoms with van der Waals surface area (Å²) >= 11 is 0. The Kier molecular flexibility index (Phi) is 9.61. The topological polar surface area (TPSA) is 96.5 Å². The molecule has 0 unspecified atom stereocenters. The number of nitrogens with one attached hydrogen (secondary N) is 2. The van der Waals surface area contributed by atoms with Crippen LogP contribution in [0.4, 0.5) is 23.1 Å². The minimum atomic E-state index is -3.48. The highest BCUT2D eigenvalue weighted by atomic mass is 32.2. The molecular formula is C34H47N5O3S. The van der Waals surface area contributed by atoms with Gasteiger partial charge in [-0.15, -0.1) is 0 Å². The molecule has 3 aromatic rings. The lowest BCUT2D eigenvalue weighted by atomic mass is 9.79. The fraction of sp³-hybridized carbons (Fsp3) is 0.529. The Morgan fingerprint density at radius 1 is 0.907 bits per heavy atom. The van der Waals surface area contributed by atoms with Crippen LogP contribution in [0.1, 0.15) is 88.8 Å². The Morgan fingerprint density at radius 3 is 2.28 bits per heavy atom. The number of benzene rings is 2. The average molecular weight is 606 g/mol. The highest BCUT2D eigenvalue weighted by Gasteiger charge is 2.29. The van der Waals surface area contributed by atoms with Gasteiger partial charge >= 0.3 is 0 Å². The molecule has 1 saturated heterocycles. The average Bonchev–Trinajstić information content (AvgIpc) is 3.51. The van der Waals surface area contributed by atoms with Gasteiger partial charge in [0.25, 0.3) is 0 Å². The van der Waals surface area contributed by atoms with Gasteiger partial charge in [-0.1, -0.05) is 12.1 Å². The normalized spacial score (nSPS) is 19.6. The number of para-hydroxylation sites is 1. The van der Waals surface area contributed by atoms with E-state index in [1.54, 1.807) is 38.2 Å². The van der Waals surface area contributed by atoms with E-state index in [0.717, 1.165) is 23.0 Å². The van der Waals surface area contributed by atoms with Gasteiger partial charge in [0.2, 0.25) is 5.95 Å².